The zero-order chi connectivity index (χ0) is 24.7. The Bertz CT molecular complexity index is 1160. The Balaban J connectivity index is 2.01. The fraction of sp³-hybridized carbons (Fsp3) is 0.231. The lowest BCUT2D eigenvalue weighted by Crippen LogP contribution is -2.39. The van der Waals surface area contributed by atoms with Gasteiger partial charge in [0.05, 0.1) is 18.7 Å². The molecule has 0 fully saturated rings. The number of carbonyl (C=O) groups excluding carboxylic acids is 1. The molecule has 0 aliphatic rings. The molecule has 8 nitrogen and oxygen atoms in total. The molecular weight excluding hydrogens is 432 g/mol. The monoisotopic (exact) mass is 460 g/mol. The normalized spacial score (nSPS) is 12.6. The van der Waals surface area contributed by atoms with Gasteiger partial charge in [-0.25, -0.2) is 10.2 Å². The minimum atomic E-state index is -1.31. The number of nitrogens with two attached hydrogens (primary N) is 1. The fourth-order valence-corrected chi connectivity index (χ4v) is 3.77. The number of amides is 2. The number of methoxy groups -OCH3 is 1. The fourth-order valence-electron chi connectivity index (χ4n) is 3.77. The van der Waals surface area contributed by atoms with E-state index in [1.807, 2.05) is 66.7 Å². The summed E-state index contributed by atoms with van der Waals surface area (Å²) in [6.45, 7) is 3.17. The molecule has 3 rings (SSSR count). The topological polar surface area (TPSA) is 120 Å². The predicted molar refractivity (Wildman–Crippen MR) is 133 cm³/mol. The molecule has 1 atom stereocenters. The molecule has 176 valence electrons. The Morgan fingerprint density at radius 1 is 1.03 bits per heavy atom. The lowest BCUT2D eigenvalue weighted by atomic mass is 9.78. The summed E-state index contributed by atoms with van der Waals surface area (Å²) in [5.74, 6) is 0.109. The number of benzene rings is 3. The van der Waals surface area contributed by atoms with Gasteiger partial charge in [-0.15, -0.1) is 0 Å². The van der Waals surface area contributed by atoms with Crippen LogP contribution in [0.4, 0.5) is 4.79 Å². The molecule has 0 saturated heterocycles. The van der Waals surface area contributed by atoms with E-state index in [1.54, 1.807) is 33.1 Å². The second-order valence-electron chi connectivity index (χ2n) is 8.42. The summed E-state index contributed by atoms with van der Waals surface area (Å²) in [5.41, 5.74) is 10.3. The molecule has 3 N–H and O–H groups in total. The Kier molecular flexibility index (Phi) is 7.63. The van der Waals surface area contributed by atoms with Crippen molar-refractivity contribution in [2.45, 2.75) is 31.7 Å². The highest BCUT2D eigenvalue weighted by atomic mass is 16.6. The van der Waals surface area contributed by atoms with Crippen LogP contribution in [0.3, 0.4) is 0 Å². The molecule has 0 heterocycles. The Morgan fingerprint density at radius 3 is 2.15 bits per heavy atom. The van der Waals surface area contributed by atoms with E-state index in [0.717, 1.165) is 22.3 Å². The molecule has 8 heteroatoms. The van der Waals surface area contributed by atoms with Crippen molar-refractivity contribution in [1.29, 1.82) is 0 Å². The number of rotatable bonds is 9. The molecule has 0 spiro atoms. The number of hydrogen-bond acceptors (Lipinski definition) is 5. The highest BCUT2D eigenvalue weighted by Crippen LogP contribution is 2.36. The average molecular weight is 461 g/mol. The Morgan fingerprint density at radius 2 is 1.62 bits per heavy atom. The molecule has 1 unspecified atom stereocenters. The summed E-state index contributed by atoms with van der Waals surface area (Å²) >= 11 is 0. The van der Waals surface area contributed by atoms with E-state index < -0.39 is 17.5 Å². The number of primary amides is 1. The molecule has 0 aromatic heterocycles. The van der Waals surface area contributed by atoms with Gasteiger partial charge in [0.25, 0.3) is 0 Å². The van der Waals surface area contributed by atoms with Crippen LogP contribution in [-0.2, 0) is 0 Å². The van der Waals surface area contributed by atoms with Gasteiger partial charge in [0.1, 0.15) is 5.75 Å². The third-order valence-corrected chi connectivity index (χ3v) is 5.87. The van der Waals surface area contributed by atoms with Crippen LogP contribution in [0, 0.1) is 10.1 Å². The van der Waals surface area contributed by atoms with Crippen molar-refractivity contribution in [3.05, 3.63) is 100 Å². The van der Waals surface area contributed by atoms with E-state index in [9.17, 15) is 14.9 Å². The van der Waals surface area contributed by atoms with Gasteiger partial charge in [0.2, 0.25) is 5.54 Å². The highest BCUT2D eigenvalue weighted by molar-refractivity contribution is 6.02. The van der Waals surface area contributed by atoms with Crippen molar-refractivity contribution in [2.24, 2.45) is 10.8 Å². The summed E-state index contributed by atoms with van der Waals surface area (Å²) in [4.78, 5) is 23.1. The van der Waals surface area contributed by atoms with Crippen LogP contribution < -0.4 is 15.9 Å². The van der Waals surface area contributed by atoms with Gasteiger partial charge in [-0.1, -0.05) is 66.7 Å². The summed E-state index contributed by atoms with van der Waals surface area (Å²) < 4.78 is 5.23. The van der Waals surface area contributed by atoms with Gasteiger partial charge in [0.15, 0.2) is 0 Å². The lowest BCUT2D eigenvalue weighted by Gasteiger charge is -2.28. The van der Waals surface area contributed by atoms with Crippen LogP contribution in [0.2, 0.25) is 0 Å². The van der Waals surface area contributed by atoms with E-state index >= 15 is 0 Å². The molecule has 0 aliphatic carbocycles. The van der Waals surface area contributed by atoms with Crippen molar-refractivity contribution in [2.75, 3.05) is 7.11 Å². The Hall–Kier alpha value is -4.20. The summed E-state index contributed by atoms with van der Waals surface area (Å²) in [5, 5.41) is 16.2. The standard InChI is InChI=1S/C26H28N4O4/c1-26(2,30(32)33)23(20-13-15-22(34-3)16-14-20)17-24(28-29-25(27)31)21-11-9-19(10-12-21)18-7-5-4-6-8-18/h4-16,23H,17H2,1-3H3,(H3,27,29,31)/b28-24-. The first-order valence-electron chi connectivity index (χ1n) is 10.8. The summed E-state index contributed by atoms with van der Waals surface area (Å²) in [7, 11) is 1.56. The van der Waals surface area contributed by atoms with Crippen LogP contribution in [-0.4, -0.2) is 29.3 Å². The van der Waals surface area contributed by atoms with E-state index in [2.05, 4.69) is 10.5 Å². The molecule has 2 amide bonds. The van der Waals surface area contributed by atoms with Gasteiger partial charge >= 0.3 is 6.03 Å². The van der Waals surface area contributed by atoms with Gasteiger partial charge < -0.3 is 10.5 Å². The molecule has 0 radical (unpaired) electrons. The number of urea groups is 1. The van der Waals surface area contributed by atoms with Gasteiger partial charge in [0, 0.05) is 25.2 Å². The summed E-state index contributed by atoms with van der Waals surface area (Å²) in [6.07, 6.45) is 0.200. The number of nitro groups is 1. The molecule has 0 aliphatic heterocycles. The average Bonchev–Trinajstić information content (AvgIpc) is 2.84. The lowest BCUT2D eigenvalue weighted by molar-refractivity contribution is -0.565. The van der Waals surface area contributed by atoms with Gasteiger partial charge in [-0.05, 0) is 34.4 Å². The van der Waals surface area contributed by atoms with E-state index in [-0.39, 0.29) is 11.3 Å². The highest BCUT2D eigenvalue weighted by Gasteiger charge is 2.42. The first-order chi connectivity index (χ1) is 16.2. The smallest absolute Gasteiger partial charge is 0.332 e. The van der Waals surface area contributed by atoms with Crippen molar-refractivity contribution < 1.29 is 14.5 Å². The number of hydrazone groups is 1. The number of hydrogen-bond donors (Lipinski definition) is 2. The number of carbonyl (C=O) groups is 1. The predicted octanol–water partition coefficient (Wildman–Crippen LogP) is 4.96. The minimum Gasteiger partial charge on any atom is -0.497 e. The minimum absolute atomic E-state index is 0.200. The van der Waals surface area contributed by atoms with Crippen LogP contribution in [0.25, 0.3) is 11.1 Å². The molecule has 0 saturated carbocycles. The maximum Gasteiger partial charge on any atom is 0.332 e. The van der Waals surface area contributed by atoms with Gasteiger partial charge in [-0.3, -0.25) is 10.1 Å². The van der Waals surface area contributed by atoms with Crippen molar-refractivity contribution in [1.82, 2.24) is 5.43 Å². The molecule has 34 heavy (non-hydrogen) atoms. The first-order valence-corrected chi connectivity index (χ1v) is 10.8. The second-order valence-corrected chi connectivity index (χ2v) is 8.42. The zero-order valence-corrected chi connectivity index (χ0v) is 19.4. The molecule has 0 bridgehead atoms. The van der Waals surface area contributed by atoms with Crippen LogP contribution in [0.5, 0.6) is 5.75 Å². The maximum atomic E-state index is 12.0. The van der Waals surface area contributed by atoms with Crippen LogP contribution >= 0.6 is 0 Å². The number of ether oxygens (including phenoxy) is 1. The number of nitrogens with zero attached hydrogens (tertiary/aromatic N) is 2. The Labute approximate surface area is 198 Å². The third kappa shape index (κ3) is 5.78. The molecular formula is C26H28N4O4. The van der Waals surface area contributed by atoms with Crippen LogP contribution in [0.1, 0.15) is 37.3 Å². The number of nitrogens with one attached hydrogen (secondary N) is 1. The third-order valence-electron chi connectivity index (χ3n) is 5.87. The van der Waals surface area contributed by atoms with Crippen molar-refractivity contribution in [3.63, 3.8) is 0 Å². The van der Waals surface area contributed by atoms with Crippen molar-refractivity contribution in [3.8, 4) is 16.9 Å². The first kappa shape index (κ1) is 24.4. The van der Waals surface area contributed by atoms with Gasteiger partial charge in [-0.2, -0.15) is 5.10 Å². The van der Waals surface area contributed by atoms with Crippen molar-refractivity contribution >= 4 is 11.7 Å². The maximum absolute atomic E-state index is 12.0. The molecule has 3 aromatic carbocycles. The van der Waals surface area contributed by atoms with E-state index in [1.165, 1.54) is 0 Å². The zero-order valence-electron chi connectivity index (χ0n) is 19.4. The largest absolute Gasteiger partial charge is 0.497 e. The van der Waals surface area contributed by atoms with Crippen LogP contribution in [0.15, 0.2) is 84.0 Å². The van der Waals surface area contributed by atoms with E-state index in [0.29, 0.717) is 11.5 Å². The quantitative estimate of drug-likeness (QED) is 0.266. The summed E-state index contributed by atoms with van der Waals surface area (Å²) in [6, 6.07) is 23.9. The SMILES string of the molecule is COc1ccc(C(C/C(=N/NC(N)=O)c2ccc(-c3ccccc3)cc2)C(C)(C)[N+](=O)[O-])cc1. The van der Waals surface area contributed by atoms with E-state index in [4.69, 9.17) is 10.5 Å². The second kappa shape index (κ2) is 10.6. The molecule has 3 aromatic rings.